The molecule has 0 atom stereocenters. The number of rotatable bonds is 3. The van der Waals surface area contributed by atoms with Crippen LogP contribution in [-0.4, -0.2) is 35.1 Å². The second-order valence-electron chi connectivity index (χ2n) is 5.35. The molecule has 0 saturated heterocycles. The molecule has 2 aromatic rings. The fourth-order valence-corrected chi connectivity index (χ4v) is 3.80. The van der Waals surface area contributed by atoms with Gasteiger partial charge in [0.25, 0.3) is 5.91 Å². The van der Waals surface area contributed by atoms with E-state index in [4.69, 9.17) is 5.73 Å². The highest BCUT2D eigenvalue weighted by Gasteiger charge is 2.29. The van der Waals surface area contributed by atoms with Crippen LogP contribution in [0, 0.1) is 13.1 Å². The van der Waals surface area contributed by atoms with Gasteiger partial charge in [-0.3, -0.25) is 4.79 Å². The van der Waals surface area contributed by atoms with E-state index in [1.807, 2.05) is 6.92 Å². The van der Waals surface area contributed by atoms with Crippen LogP contribution in [-0.2, 0) is 23.0 Å². The summed E-state index contributed by atoms with van der Waals surface area (Å²) in [6.45, 7) is 2.29. The number of amides is 1. The van der Waals surface area contributed by atoms with Crippen molar-refractivity contribution < 1.29 is 13.2 Å². The van der Waals surface area contributed by atoms with Gasteiger partial charge in [0.15, 0.2) is 0 Å². The molecular formula is C15H15N4O3S. The third kappa shape index (κ3) is 2.95. The van der Waals surface area contributed by atoms with Crippen molar-refractivity contribution in [3.05, 3.63) is 53.1 Å². The number of sulfonamides is 1. The van der Waals surface area contributed by atoms with E-state index in [1.165, 1.54) is 4.31 Å². The molecule has 1 aliphatic heterocycles. The van der Waals surface area contributed by atoms with E-state index < -0.39 is 15.9 Å². The second-order valence-corrected chi connectivity index (χ2v) is 7.29. The number of aromatic nitrogens is 2. The minimum Gasteiger partial charge on any atom is -0.363 e. The zero-order valence-corrected chi connectivity index (χ0v) is 13.3. The molecule has 0 aliphatic carbocycles. The summed E-state index contributed by atoms with van der Waals surface area (Å²) in [5.74, 6) is -0.916. The fourth-order valence-electron chi connectivity index (χ4n) is 2.39. The topological polar surface area (TPSA) is 106 Å². The van der Waals surface area contributed by atoms with Crippen LogP contribution in [0.25, 0.3) is 0 Å². The van der Waals surface area contributed by atoms with Gasteiger partial charge in [-0.25, -0.2) is 18.4 Å². The first-order valence-electron chi connectivity index (χ1n) is 7.02. The molecule has 2 heterocycles. The van der Waals surface area contributed by atoms with Crippen molar-refractivity contribution in [2.45, 2.75) is 24.8 Å². The molecule has 0 saturated carbocycles. The van der Waals surface area contributed by atoms with Crippen molar-refractivity contribution in [3.63, 3.8) is 0 Å². The van der Waals surface area contributed by atoms with Crippen molar-refractivity contribution in [1.82, 2.24) is 14.3 Å². The molecule has 7 nitrogen and oxygen atoms in total. The van der Waals surface area contributed by atoms with Crippen LogP contribution in [0.15, 0.2) is 29.2 Å². The molecule has 0 fully saturated rings. The van der Waals surface area contributed by atoms with E-state index >= 15 is 0 Å². The molecule has 23 heavy (non-hydrogen) atoms. The van der Waals surface area contributed by atoms with Gasteiger partial charge >= 0.3 is 0 Å². The number of nitrogens with zero attached hydrogens (tertiary/aromatic N) is 3. The highest BCUT2D eigenvalue weighted by molar-refractivity contribution is 7.89. The lowest BCUT2D eigenvalue weighted by Crippen LogP contribution is -2.37. The molecule has 1 aromatic carbocycles. The minimum atomic E-state index is -3.61. The first-order valence-corrected chi connectivity index (χ1v) is 8.46. The second kappa shape index (κ2) is 5.71. The number of hydrogen-bond acceptors (Lipinski definition) is 5. The van der Waals surface area contributed by atoms with E-state index in [-0.39, 0.29) is 17.3 Å². The zero-order valence-electron chi connectivity index (χ0n) is 12.5. The molecular weight excluding hydrogens is 316 g/mol. The van der Waals surface area contributed by atoms with E-state index in [1.54, 1.807) is 24.3 Å². The normalized spacial score (nSPS) is 15.2. The van der Waals surface area contributed by atoms with Gasteiger partial charge in [-0.05, 0) is 25.5 Å². The lowest BCUT2D eigenvalue weighted by molar-refractivity contribution is 0.0989. The molecule has 3 rings (SSSR count). The molecule has 1 amide bonds. The molecule has 0 bridgehead atoms. The van der Waals surface area contributed by atoms with E-state index in [9.17, 15) is 13.2 Å². The maximum atomic E-state index is 12.7. The van der Waals surface area contributed by atoms with Crippen LogP contribution < -0.4 is 5.73 Å². The summed E-state index contributed by atoms with van der Waals surface area (Å²) < 4.78 is 26.8. The van der Waals surface area contributed by atoms with Crippen LogP contribution in [0.5, 0.6) is 0 Å². The van der Waals surface area contributed by atoms with Gasteiger partial charge in [-0.1, -0.05) is 17.7 Å². The quantitative estimate of drug-likeness (QED) is 0.878. The number of fused-ring (bicyclic) bond motifs is 1. The Morgan fingerprint density at radius 1 is 1.30 bits per heavy atom. The highest BCUT2D eigenvalue weighted by atomic mass is 32.2. The van der Waals surface area contributed by atoms with Gasteiger partial charge in [-0.15, -0.1) is 0 Å². The molecule has 1 aromatic heterocycles. The first kappa shape index (κ1) is 15.6. The van der Waals surface area contributed by atoms with Crippen molar-refractivity contribution >= 4 is 15.9 Å². The Hall–Kier alpha value is -2.32. The summed E-state index contributed by atoms with van der Waals surface area (Å²) in [7, 11) is -3.61. The molecule has 1 aliphatic rings. The van der Waals surface area contributed by atoms with Crippen molar-refractivity contribution in [3.8, 4) is 0 Å². The molecule has 0 spiro atoms. The predicted octanol–water partition coefficient (Wildman–Crippen LogP) is 0.431. The maximum Gasteiger partial charge on any atom is 0.286 e. The minimum absolute atomic E-state index is 0.0742. The molecule has 8 heteroatoms. The van der Waals surface area contributed by atoms with Gasteiger partial charge in [0.05, 0.1) is 23.3 Å². The Kier molecular flexibility index (Phi) is 3.87. The monoisotopic (exact) mass is 331 g/mol. The first-order chi connectivity index (χ1) is 10.9. The van der Waals surface area contributed by atoms with E-state index in [0.29, 0.717) is 24.2 Å². The lowest BCUT2D eigenvalue weighted by atomic mass is 10.1. The van der Waals surface area contributed by atoms with Crippen LogP contribution in [0.1, 0.15) is 27.4 Å². The number of benzene rings is 1. The smallest absolute Gasteiger partial charge is 0.286 e. The SMILES string of the molecule is Cc1ccc(S(=O)(=O)N2CCc3[c]nc(C(N)=O)nc3C2)cc1. The zero-order chi connectivity index (χ0) is 16.6. The lowest BCUT2D eigenvalue weighted by Gasteiger charge is -2.27. The average Bonchev–Trinajstić information content (AvgIpc) is 2.54. The number of nitrogens with two attached hydrogens (primary N) is 1. The summed E-state index contributed by atoms with van der Waals surface area (Å²) >= 11 is 0. The molecule has 2 N–H and O–H groups in total. The summed E-state index contributed by atoms with van der Waals surface area (Å²) in [5, 5.41) is 0. The van der Waals surface area contributed by atoms with Gasteiger partial charge in [0.2, 0.25) is 15.8 Å². The van der Waals surface area contributed by atoms with Crippen LogP contribution in [0.4, 0.5) is 0 Å². The Morgan fingerprint density at radius 2 is 2.00 bits per heavy atom. The van der Waals surface area contributed by atoms with Crippen molar-refractivity contribution in [2.75, 3.05) is 6.54 Å². The number of carbonyl (C=O) groups excluding carboxylic acids is 1. The van der Waals surface area contributed by atoms with Gasteiger partial charge in [-0.2, -0.15) is 4.31 Å². The summed E-state index contributed by atoms with van der Waals surface area (Å²) in [5.41, 5.74) is 7.33. The molecule has 119 valence electrons. The van der Waals surface area contributed by atoms with E-state index in [0.717, 1.165) is 5.56 Å². The largest absolute Gasteiger partial charge is 0.363 e. The standard InChI is InChI=1S/C15H15N4O3S/c1-10-2-4-12(5-3-10)23(21,22)19-7-6-11-8-17-15(14(16)20)18-13(11)9-19/h2-5H,6-7,9H2,1H3,(H2,16,20). The van der Waals surface area contributed by atoms with E-state index in [2.05, 4.69) is 16.2 Å². The third-order valence-corrected chi connectivity index (χ3v) is 5.56. The molecule has 0 unspecified atom stereocenters. The number of primary amides is 1. The Balaban J connectivity index is 1.93. The Bertz CT molecular complexity index is 863. The summed E-state index contributed by atoms with van der Waals surface area (Å²) in [6.07, 6.45) is 3.17. The fraction of sp³-hybridized carbons (Fsp3) is 0.267. The summed E-state index contributed by atoms with van der Waals surface area (Å²) in [6, 6.07) is 6.68. The Labute approximate surface area is 134 Å². The average molecular weight is 331 g/mol. The van der Waals surface area contributed by atoms with Crippen LogP contribution >= 0.6 is 0 Å². The highest BCUT2D eigenvalue weighted by Crippen LogP contribution is 2.23. The van der Waals surface area contributed by atoms with Gasteiger partial charge in [0.1, 0.15) is 0 Å². The van der Waals surface area contributed by atoms with Crippen molar-refractivity contribution in [1.29, 1.82) is 0 Å². The maximum absolute atomic E-state index is 12.7. The number of carbonyl (C=O) groups is 1. The van der Waals surface area contributed by atoms with Gasteiger partial charge < -0.3 is 5.73 Å². The summed E-state index contributed by atoms with van der Waals surface area (Å²) in [4.78, 5) is 19.2. The number of aryl methyl sites for hydroxylation is 1. The number of hydrogen-bond donors (Lipinski definition) is 1. The van der Waals surface area contributed by atoms with Crippen LogP contribution in [0.2, 0.25) is 0 Å². The predicted molar refractivity (Wildman–Crippen MR) is 81.9 cm³/mol. The third-order valence-electron chi connectivity index (χ3n) is 3.70. The molecule has 1 radical (unpaired) electrons. The Morgan fingerprint density at radius 3 is 2.65 bits per heavy atom. The van der Waals surface area contributed by atoms with Crippen LogP contribution in [0.3, 0.4) is 0 Å². The van der Waals surface area contributed by atoms with Gasteiger partial charge in [0, 0.05) is 12.1 Å². The van der Waals surface area contributed by atoms with Crippen molar-refractivity contribution in [2.24, 2.45) is 5.73 Å².